The molecule has 1 saturated heterocycles. The molecule has 1 unspecified atom stereocenters. The molecule has 3 N–H and O–H groups in total. The van der Waals surface area contributed by atoms with E-state index in [9.17, 15) is 22.8 Å². The van der Waals surface area contributed by atoms with Gasteiger partial charge in [-0.3, -0.25) is 14.9 Å². The van der Waals surface area contributed by atoms with Crippen LogP contribution >= 0.6 is 0 Å². The van der Waals surface area contributed by atoms with Crippen molar-refractivity contribution < 1.29 is 27.9 Å². The van der Waals surface area contributed by atoms with Crippen molar-refractivity contribution in [3.63, 3.8) is 0 Å². The van der Waals surface area contributed by atoms with E-state index in [-0.39, 0.29) is 28.9 Å². The zero-order chi connectivity index (χ0) is 16.5. The third kappa shape index (κ3) is 3.15. The Morgan fingerprint density at radius 3 is 2.64 bits per heavy atom. The number of carbonyl (C=O) groups excluding carboxylic acids is 2. The van der Waals surface area contributed by atoms with Crippen molar-refractivity contribution in [2.24, 2.45) is 0 Å². The van der Waals surface area contributed by atoms with Gasteiger partial charge < -0.3 is 5.11 Å². The number of carbonyl (C=O) groups is 3. The molecule has 118 valence electrons. The zero-order valence-electron chi connectivity index (χ0n) is 11.6. The highest BCUT2D eigenvalue weighted by molar-refractivity contribution is 7.89. The minimum absolute atomic E-state index is 0.0124. The quantitative estimate of drug-likeness (QED) is 0.656. The Bertz CT molecular complexity index is 756. The van der Waals surface area contributed by atoms with E-state index in [1.807, 2.05) is 5.32 Å². The number of aromatic carboxylic acids is 1. The highest BCUT2D eigenvalue weighted by Gasteiger charge is 2.33. The fourth-order valence-corrected chi connectivity index (χ4v) is 3.88. The molecule has 0 aliphatic carbocycles. The Labute approximate surface area is 126 Å². The fourth-order valence-electron chi connectivity index (χ4n) is 2.23. The van der Waals surface area contributed by atoms with Crippen LogP contribution in [0.4, 0.5) is 0 Å². The first-order valence-electron chi connectivity index (χ1n) is 6.41. The van der Waals surface area contributed by atoms with Crippen molar-refractivity contribution in [2.75, 3.05) is 0 Å². The van der Waals surface area contributed by atoms with Crippen LogP contribution in [-0.2, 0) is 19.6 Å². The van der Waals surface area contributed by atoms with E-state index in [1.165, 1.54) is 25.1 Å². The third-order valence-electron chi connectivity index (χ3n) is 3.25. The van der Waals surface area contributed by atoms with E-state index >= 15 is 0 Å². The average Bonchev–Trinajstić information content (AvgIpc) is 2.41. The number of piperidine rings is 1. The molecule has 22 heavy (non-hydrogen) atoms. The molecular weight excluding hydrogens is 312 g/mol. The van der Waals surface area contributed by atoms with Crippen LogP contribution in [0.2, 0.25) is 0 Å². The molecule has 1 fully saturated rings. The monoisotopic (exact) mass is 326 g/mol. The average molecular weight is 326 g/mol. The number of benzene rings is 1. The van der Waals surface area contributed by atoms with E-state index in [0.29, 0.717) is 0 Å². The molecule has 2 amide bonds. The summed E-state index contributed by atoms with van der Waals surface area (Å²) in [5, 5.41) is 11.2. The summed E-state index contributed by atoms with van der Waals surface area (Å²) >= 11 is 0. The molecule has 1 aromatic rings. The van der Waals surface area contributed by atoms with Crippen molar-refractivity contribution in [3.8, 4) is 0 Å². The van der Waals surface area contributed by atoms with Crippen LogP contribution in [-0.4, -0.2) is 37.3 Å². The summed E-state index contributed by atoms with van der Waals surface area (Å²) in [6, 6.07) is 2.97. The van der Waals surface area contributed by atoms with Crippen molar-refractivity contribution in [1.82, 2.24) is 10.0 Å². The first-order valence-corrected chi connectivity index (χ1v) is 7.89. The molecule has 1 heterocycles. The van der Waals surface area contributed by atoms with Crippen molar-refractivity contribution in [2.45, 2.75) is 30.7 Å². The number of sulfonamides is 1. The topological polar surface area (TPSA) is 130 Å². The third-order valence-corrected chi connectivity index (χ3v) is 4.92. The Balaban J connectivity index is 2.38. The lowest BCUT2D eigenvalue weighted by atomic mass is 10.1. The maximum atomic E-state index is 12.4. The zero-order valence-corrected chi connectivity index (χ0v) is 12.4. The number of rotatable bonds is 4. The van der Waals surface area contributed by atoms with Gasteiger partial charge in [0, 0.05) is 6.42 Å². The molecule has 0 spiro atoms. The van der Waals surface area contributed by atoms with Gasteiger partial charge in [-0.15, -0.1) is 0 Å². The molecule has 9 heteroatoms. The summed E-state index contributed by atoms with van der Waals surface area (Å²) < 4.78 is 27.0. The fraction of sp³-hybridized carbons (Fsp3) is 0.308. The summed E-state index contributed by atoms with van der Waals surface area (Å²) in [7, 11) is -4.22. The van der Waals surface area contributed by atoms with Crippen molar-refractivity contribution in [3.05, 3.63) is 29.3 Å². The lowest BCUT2D eigenvalue weighted by molar-refractivity contribution is -0.134. The summed E-state index contributed by atoms with van der Waals surface area (Å²) in [5.41, 5.74) is -0.125. The second-order valence-electron chi connectivity index (χ2n) is 4.88. The van der Waals surface area contributed by atoms with Crippen molar-refractivity contribution in [1.29, 1.82) is 0 Å². The minimum atomic E-state index is -4.22. The van der Waals surface area contributed by atoms with Gasteiger partial charge in [0.15, 0.2) is 0 Å². The molecule has 0 radical (unpaired) electrons. The van der Waals surface area contributed by atoms with Crippen LogP contribution in [0, 0.1) is 6.92 Å². The molecule has 1 aromatic carbocycles. The van der Waals surface area contributed by atoms with E-state index in [1.54, 1.807) is 0 Å². The van der Waals surface area contributed by atoms with Crippen LogP contribution in [0.1, 0.15) is 28.8 Å². The first-order chi connectivity index (χ1) is 10.2. The highest BCUT2D eigenvalue weighted by Crippen LogP contribution is 2.21. The second kappa shape index (κ2) is 5.85. The van der Waals surface area contributed by atoms with Gasteiger partial charge >= 0.3 is 5.97 Å². The predicted molar refractivity (Wildman–Crippen MR) is 74.6 cm³/mol. The van der Waals surface area contributed by atoms with Crippen LogP contribution in [0.3, 0.4) is 0 Å². The number of hydrogen-bond acceptors (Lipinski definition) is 5. The van der Waals surface area contributed by atoms with E-state index < -0.39 is 33.8 Å². The summed E-state index contributed by atoms with van der Waals surface area (Å²) in [5.74, 6) is -2.60. The van der Waals surface area contributed by atoms with Gasteiger partial charge in [0.2, 0.25) is 21.8 Å². The van der Waals surface area contributed by atoms with Crippen LogP contribution < -0.4 is 10.0 Å². The maximum Gasteiger partial charge on any atom is 0.337 e. The molecule has 2 rings (SSSR count). The number of hydrogen-bond donors (Lipinski definition) is 3. The number of amides is 2. The van der Waals surface area contributed by atoms with Crippen molar-refractivity contribution >= 4 is 27.8 Å². The normalized spacial score (nSPS) is 18.9. The first kappa shape index (κ1) is 16.1. The Morgan fingerprint density at radius 1 is 1.36 bits per heavy atom. The number of nitrogens with one attached hydrogen (secondary N) is 2. The molecule has 1 atom stereocenters. The van der Waals surface area contributed by atoms with E-state index in [2.05, 4.69) is 4.72 Å². The highest BCUT2D eigenvalue weighted by atomic mass is 32.2. The van der Waals surface area contributed by atoms with Gasteiger partial charge in [-0.25, -0.2) is 13.2 Å². The summed E-state index contributed by atoms with van der Waals surface area (Å²) in [6.45, 7) is 1.46. The van der Waals surface area contributed by atoms with Gasteiger partial charge in [0.1, 0.15) is 6.04 Å². The summed E-state index contributed by atoms with van der Waals surface area (Å²) in [6.07, 6.45) is 0.0384. The van der Waals surface area contributed by atoms with Gasteiger partial charge in [-0.1, -0.05) is 12.1 Å². The SMILES string of the molecule is Cc1cccc(C(=O)O)c1S(=O)(=O)NC1CCC(=O)NC1=O. The largest absolute Gasteiger partial charge is 0.478 e. The molecule has 8 nitrogen and oxygen atoms in total. The van der Waals surface area contributed by atoms with Gasteiger partial charge in [0.25, 0.3) is 0 Å². The Morgan fingerprint density at radius 2 is 2.05 bits per heavy atom. The Hall–Kier alpha value is -2.26. The van der Waals surface area contributed by atoms with E-state index in [4.69, 9.17) is 5.11 Å². The number of carboxylic acid groups (broad SMARTS) is 1. The lowest BCUT2D eigenvalue weighted by Crippen LogP contribution is -2.52. The number of imide groups is 1. The van der Waals surface area contributed by atoms with Gasteiger partial charge in [-0.2, -0.15) is 4.72 Å². The standard InChI is InChI=1S/C13H14N2O6S/c1-7-3-2-4-8(13(18)19)11(7)22(20,21)15-9-5-6-10(16)14-12(9)17/h2-4,9,15H,5-6H2,1H3,(H,18,19)(H,14,16,17). The lowest BCUT2D eigenvalue weighted by Gasteiger charge is -2.22. The molecular formula is C13H14N2O6S. The van der Waals surface area contributed by atoms with Gasteiger partial charge in [-0.05, 0) is 25.0 Å². The van der Waals surface area contributed by atoms with Crippen LogP contribution in [0.15, 0.2) is 23.1 Å². The second-order valence-corrected chi connectivity index (χ2v) is 6.53. The van der Waals surface area contributed by atoms with Crippen LogP contribution in [0.5, 0.6) is 0 Å². The molecule has 0 saturated carbocycles. The number of aryl methyl sites for hydroxylation is 1. The van der Waals surface area contributed by atoms with E-state index in [0.717, 1.165) is 0 Å². The minimum Gasteiger partial charge on any atom is -0.478 e. The molecule has 1 aliphatic rings. The number of carboxylic acids is 1. The Kier molecular flexibility index (Phi) is 4.29. The maximum absolute atomic E-state index is 12.4. The molecule has 0 aromatic heterocycles. The molecule has 1 aliphatic heterocycles. The summed E-state index contributed by atoms with van der Waals surface area (Å²) in [4.78, 5) is 33.5. The molecule has 0 bridgehead atoms. The van der Waals surface area contributed by atoms with Gasteiger partial charge in [0.05, 0.1) is 10.5 Å². The smallest absolute Gasteiger partial charge is 0.337 e. The van der Waals surface area contributed by atoms with Crippen LogP contribution in [0.25, 0.3) is 0 Å². The predicted octanol–water partition coefficient (Wildman–Crippen LogP) is -0.223.